The van der Waals surface area contributed by atoms with Crippen LogP contribution in [-0.4, -0.2) is 37.2 Å². The summed E-state index contributed by atoms with van der Waals surface area (Å²) in [5.41, 5.74) is 0. The lowest BCUT2D eigenvalue weighted by Gasteiger charge is -2.18. The highest BCUT2D eigenvalue weighted by atomic mass is 16.6. The van der Waals surface area contributed by atoms with Crippen molar-refractivity contribution in [1.29, 1.82) is 0 Å². The van der Waals surface area contributed by atoms with Gasteiger partial charge in [-0.3, -0.25) is 14.4 Å². The third-order valence-electron chi connectivity index (χ3n) is 15.5. The molecule has 0 N–H and O–H groups in total. The minimum absolute atomic E-state index is 0.0840. The van der Waals surface area contributed by atoms with Crippen molar-refractivity contribution < 1.29 is 28.6 Å². The molecular weight excluding hydrogens is 973 g/mol. The Morgan fingerprint density at radius 2 is 0.494 bits per heavy atom. The topological polar surface area (TPSA) is 78.9 Å². The van der Waals surface area contributed by atoms with E-state index < -0.39 is 6.10 Å². The molecule has 0 heterocycles. The highest BCUT2D eigenvalue weighted by Crippen LogP contribution is 2.18. The molecule has 0 aromatic rings. The Balaban J connectivity index is 4.02. The molecule has 0 aliphatic rings. The third kappa shape index (κ3) is 65.8. The normalized spacial score (nSPS) is 12.4. The van der Waals surface area contributed by atoms with Gasteiger partial charge in [-0.15, -0.1) is 0 Å². The molecule has 0 radical (unpaired) electrons. The average Bonchev–Trinajstić information content (AvgIpc) is 3.45. The summed E-state index contributed by atoms with van der Waals surface area (Å²) < 4.78 is 16.8. The number of rotatable bonds is 64. The molecule has 0 aliphatic heterocycles. The first-order valence-corrected chi connectivity index (χ1v) is 34.8. The Hall–Kier alpha value is -2.89. The van der Waals surface area contributed by atoms with Crippen molar-refractivity contribution in [3.8, 4) is 0 Å². The highest BCUT2D eigenvalue weighted by Gasteiger charge is 2.19. The van der Waals surface area contributed by atoms with Gasteiger partial charge in [0.1, 0.15) is 13.2 Å². The fourth-order valence-electron chi connectivity index (χ4n) is 10.4. The Morgan fingerprint density at radius 1 is 0.266 bits per heavy atom. The maximum Gasteiger partial charge on any atom is 0.306 e. The van der Waals surface area contributed by atoms with Crippen LogP contribution in [0.5, 0.6) is 0 Å². The fourth-order valence-corrected chi connectivity index (χ4v) is 10.4. The van der Waals surface area contributed by atoms with E-state index in [1.165, 1.54) is 231 Å². The van der Waals surface area contributed by atoms with Gasteiger partial charge in [0.2, 0.25) is 0 Å². The molecule has 6 nitrogen and oxygen atoms in total. The van der Waals surface area contributed by atoms with Crippen LogP contribution in [0.2, 0.25) is 0 Å². The second-order valence-corrected chi connectivity index (χ2v) is 23.4. The van der Waals surface area contributed by atoms with Crippen LogP contribution in [0.4, 0.5) is 0 Å². The van der Waals surface area contributed by atoms with Crippen molar-refractivity contribution in [2.45, 2.75) is 374 Å². The lowest BCUT2D eigenvalue weighted by Crippen LogP contribution is -2.30. The average molecular weight is 1110 g/mol. The summed E-state index contributed by atoms with van der Waals surface area (Å²) >= 11 is 0. The van der Waals surface area contributed by atoms with Gasteiger partial charge in [0.15, 0.2) is 6.10 Å². The van der Waals surface area contributed by atoms with Gasteiger partial charge >= 0.3 is 17.9 Å². The van der Waals surface area contributed by atoms with Crippen LogP contribution in [-0.2, 0) is 28.6 Å². The van der Waals surface area contributed by atoms with Crippen molar-refractivity contribution in [2.75, 3.05) is 13.2 Å². The summed E-state index contributed by atoms with van der Waals surface area (Å²) in [7, 11) is 0. The van der Waals surface area contributed by atoms with Crippen LogP contribution in [0.25, 0.3) is 0 Å². The molecule has 0 rings (SSSR count). The summed E-state index contributed by atoms with van der Waals surface area (Å²) in [5.74, 6) is -0.904. The molecule has 1 atom stereocenters. The van der Waals surface area contributed by atoms with Gasteiger partial charge in [0.25, 0.3) is 0 Å². The molecule has 1 unspecified atom stereocenters. The fraction of sp³-hybridized carbons (Fsp3) is 0.822. The van der Waals surface area contributed by atoms with Crippen LogP contribution in [0.15, 0.2) is 60.8 Å². The number of hydrogen-bond donors (Lipinski definition) is 0. The second kappa shape index (κ2) is 67.6. The number of carbonyl (C=O) groups excluding carboxylic acids is 3. The lowest BCUT2D eigenvalue weighted by molar-refractivity contribution is -0.167. The monoisotopic (exact) mass is 1110 g/mol. The predicted octanol–water partition coefficient (Wildman–Crippen LogP) is 23.9. The number of hydrogen-bond acceptors (Lipinski definition) is 6. The van der Waals surface area contributed by atoms with Crippen LogP contribution >= 0.6 is 0 Å². The van der Waals surface area contributed by atoms with E-state index in [0.29, 0.717) is 19.3 Å². The maximum atomic E-state index is 12.9. The minimum Gasteiger partial charge on any atom is -0.462 e. The number of carbonyl (C=O) groups is 3. The Morgan fingerprint density at radius 3 is 0.772 bits per heavy atom. The van der Waals surface area contributed by atoms with E-state index >= 15 is 0 Å². The van der Waals surface area contributed by atoms with Crippen LogP contribution < -0.4 is 0 Å². The van der Waals surface area contributed by atoms with Gasteiger partial charge in [-0.1, -0.05) is 345 Å². The summed E-state index contributed by atoms with van der Waals surface area (Å²) in [4.78, 5) is 38.1. The number of esters is 3. The molecule has 0 saturated carbocycles. The first kappa shape index (κ1) is 76.1. The molecule has 0 spiro atoms. The van der Waals surface area contributed by atoms with E-state index in [-0.39, 0.29) is 31.1 Å². The largest absolute Gasteiger partial charge is 0.462 e. The van der Waals surface area contributed by atoms with Crippen LogP contribution in [0, 0.1) is 0 Å². The van der Waals surface area contributed by atoms with Crippen molar-refractivity contribution in [1.82, 2.24) is 0 Å². The van der Waals surface area contributed by atoms with Gasteiger partial charge in [-0.25, -0.2) is 0 Å². The zero-order valence-electron chi connectivity index (χ0n) is 52.9. The summed E-state index contributed by atoms with van der Waals surface area (Å²) in [6.07, 6.45) is 87.2. The van der Waals surface area contributed by atoms with Gasteiger partial charge in [0.05, 0.1) is 0 Å². The van der Waals surface area contributed by atoms with Crippen LogP contribution in [0.3, 0.4) is 0 Å². The SMILES string of the molecule is CC/C=C\C/C=C\C/C=C\C/C=C\C/C=C\CCCCCC(=O)OC(COC(=O)CCCCCCCCCC)COC(=O)CCCCCCCCCCCCCCCCCCCCCCCCCCCCCCCCCCCC. The third-order valence-corrected chi connectivity index (χ3v) is 15.5. The first-order valence-electron chi connectivity index (χ1n) is 34.8. The molecule has 0 fully saturated rings. The van der Waals surface area contributed by atoms with Crippen molar-refractivity contribution in [2.24, 2.45) is 0 Å². The van der Waals surface area contributed by atoms with E-state index in [9.17, 15) is 14.4 Å². The van der Waals surface area contributed by atoms with Crippen molar-refractivity contribution >= 4 is 17.9 Å². The first-order chi connectivity index (χ1) is 39.0. The smallest absolute Gasteiger partial charge is 0.306 e. The molecule has 0 amide bonds. The quantitative estimate of drug-likeness (QED) is 0.0261. The molecule has 460 valence electrons. The van der Waals surface area contributed by atoms with E-state index in [1.54, 1.807) is 0 Å². The summed E-state index contributed by atoms with van der Waals surface area (Å²) in [5, 5.41) is 0. The molecule has 0 aromatic carbocycles. The standard InChI is InChI=1S/C73H132O6/c1-4-7-10-13-16-19-21-23-25-27-29-30-31-32-33-34-35-36-37-38-39-40-41-42-43-45-46-48-50-52-54-57-60-63-66-72(75)78-69-70(68-77-71(74)65-62-59-56-18-15-12-9-6-3)79-73(76)67-64-61-58-55-53-51-49-47-44-28-26-24-22-20-17-14-11-8-5-2/h8,11,17,20,24,26,44,47,51,53,70H,4-7,9-10,12-16,18-19,21-23,25,27-43,45-46,48-50,52,54-69H2,1-3H3/b11-8-,20-17-,26-24-,47-44-,53-51-. The number of unbranched alkanes of at least 4 members (excludes halogenated alkanes) is 43. The van der Waals surface area contributed by atoms with Gasteiger partial charge in [-0.05, 0) is 64.2 Å². The second-order valence-electron chi connectivity index (χ2n) is 23.4. The Kier molecular flexibility index (Phi) is 65.1. The zero-order chi connectivity index (χ0) is 57.1. The maximum absolute atomic E-state index is 12.9. The van der Waals surface area contributed by atoms with E-state index in [0.717, 1.165) is 96.3 Å². The van der Waals surface area contributed by atoms with Gasteiger partial charge in [-0.2, -0.15) is 0 Å². The molecule has 79 heavy (non-hydrogen) atoms. The molecular formula is C73H132O6. The molecule has 0 bridgehead atoms. The Labute approximate surface area is 491 Å². The molecule has 0 aromatic heterocycles. The highest BCUT2D eigenvalue weighted by molar-refractivity contribution is 5.71. The van der Waals surface area contributed by atoms with E-state index in [1.807, 2.05) is 0 Å². The Bertz CT molecular complexity index is 1410. The molecule has 0 aliphatic carbocycles. The zero-order valence-corrected chi connectivity index (χ0v) is 52.9. The van der Waals surface area contributed by atoms with Crippen molar-refractivity contribution in [3.05, 3.63) is 60.8 Å². The van der Waals surface area contributed by atoms with E-state index in [4.69, 9.17) is 14.2 Å². The van der Waals surface area contributed by atoms with Gasteiger partial charge < -0.3 is 14.2 Å². The number of allylic oxidation sites excluding steroid dienone is 10. The minimum atomic E-state index is -0.789. The van der Waals surface area contributed by atoms with E-state index in [2.05, 4.69) is 81.5 Å². The van der Waals surface area contributed by atoms with Crippen molar-refractivity contribution in [3.63, 3.8) is 0 Å². The molecule has 0 saturated heterocycles. The lowest BCUT2D eigenvalue weighted by atomic mass is 10.0. The van der Waals surface area contributed by atoms with Gasteiger partial charge in [0, 0.05) is 19.3 Å². The summed E-state index contributed by atoms with van der Waals surface area (Å²) in [6.45, 7) is 6.52. The number of ether oxygens (including phenoxy) is 3. The predicted molar refractivity (Wildman–Crippen MR) is 344 cm³/mol. The van der Waals surface area contributed by atoms with Crippen LogP contribution in [0.1, 0.15) is 367 Å². The molecule has 6 heteroatoms. The summed E-state index contributed by atoms with van der Waals surface area (Å²) in [6, 6.07) is 0.